The number of rotatable bonds is 6. The quantitative estimate of drug-likeness (QED) is 0.277. The molecule has 39 heavy (non-hydrogen) atoms. The fourth-order valence-electron chi connectivity index (χ4n) is 5.15. The van der Waals surface area contributed by atoms with Crippen LogP contribution in [0, 0.1) is 0 Å². The van der Waals surface area contributed by atoms with E-state index in [0.717, 1.165) is 46.7 Å². The molecule has 1 aliphatic rings. The van der Waals surface area contributed by atoms with Crippen molar-refractivity contribution in [1.82, 2.24) is 33.6 Å². The zero-order valence-corrected chi connectivity index (χ0v) is 23.1. The van der Waals surface area contributed by atoms with Gasteiger partial charge in [-0.3, -0.25) is 19.0 Å². The summed E-state index contributed by atoms with van der Waals surface area (Å²) in [6.45, 7) is 2.32. The molecule has 0 saturated carbocycles. The molecule has 5 aromatic rings. The number of aromatic nitrogens is 6. The van der Waals surface area contributed by atoms with Gasteiger partial charge in [-0.15, -0.1) is 0 Å². The SMILES string of the molecule is COC(=O)c1ccc(-c2ccc(-n3c(=O)n([C@@H]4CCN(Cc5ncc(Br)n5C)C4)c4ncccc43)cn2)cc1. The van der Waals surface area contributed by atoms with Crippen LogP contribution in [0.25, 0.3) is 28.1 Å². The predicted octanol–water partition coefficient (Wildman–Crippen LogP) is 3.98. The van der Waals surface area contributed by atoms with Crippen LogP contribution in [0.15, 0.2) is 76.5 Å². The number of esters is 1. The number of halogens is 1. The molecule has 0 spiro atoms. The van der Waals surface area contributed by atoms with Gasteiger partial charge in [0.25, 0.3) is 0 Å². The highest BCUT2D eigenvalue weighted by Gasteiger charge is 2.29. The van der Waals surface area contributed by atoms with Gasteiger partial charge < -0.3 is 9.30 Å². The van der Waals surface area contributed by atoms with Crippen LogP contribution in [0.5, 0.6) is 0 Å². The Bertz CT molecular complexity index is 1720. The minimum Gasteiger partial charge on any atom is -0.465 e. The van der Waals surface area contributed by atoms with E-state index in [1.54, 1.807) is 29.1 Å². The molecule has 0 bridgehead atoms. The average molecular weight is 588 g/mol. The maximum Gasteiger partial charge on any atom is 0.337 e. The molecule has 10 nitrogen and oxygen atoms in total. The first kappa shape index (κ1) is 25.2. The number of nitrogens with zero attached hydrogens (tertiary/aromatic N) is 7. The van der Waals surface area contributed by atoms with E-state index in [2.05, 4.69) is 35.8 Å². The van der Waals surface area contributed by atoms with E-state index in [4.69, 9.17) is 4.74 Å². The first-order valence-corrected chi connectivity index (χ1v) is 13.4. The molecule has 1 saturated heterocycles. The second-order valence-electron chi connectivity index (χ2n) is 9.54. The second-order valence-corrected chi connectivity index (χ2v) is 10.4. The number of methoxy groups -OCH3 is 1. The molecule has 198 valence electrons. The molecule has 1 aliphatic heterocycles. The van der Waals surface area contributed by atoms with E-state index in [1.807, 2.05) is 58.8 Å². The first-order chi connectivity index (χ1) is 18.9. The predicted molar refractivity (Wildman–Crippen MR) is 150 cm³/mol. The number of benzene rings is 1. The average Bonchev–Trinajstić information content (AvgIpc) is 3.64. The van der Waals surface area contributed by atoms with Crippen LogP contribution in [0.2, 0.25) is 0 Å². The minimum atomic E-state index is -0.385. The monoisotopic (exact) mass is 587 g/mol. The lowest BCUT2D eigenvalue weighted by Crippen LogP contribution is -2.29. The van der Waals surface area contributed by atoms with E-state index in [1.165, 1.54) is 7.11 Å². The summed E-state index contributed by atoms with van der Waals surface area (Å²) in [4.78, 5) is 41.6. The zero-order valence-electron chi connectivity index (χ0n) is 21.5. The number of hydrogen-bond acceptors (Lipinski definition) is 7. The van der Waals surface area contributed by atoms with E-state index < -0.39 is 0 Å². The Balaban J connectivity index is 1.29. The summed E-state index contributed by atoms with van der Waals surface area (Å²) in [6, 6.07) is 14.6. The Kier molecular flexibility index (Phi) is 6.61. The number of fused-ring (bicyclic) bond motifs is 1. The van der Waals surface area contributed by atoms with E-state index in [0.29, 0.717) is 23.4 Å². The van der Waals surface area contributed by atoms with Crippen LogP contribution in [0.1, 0.15) is 28.6 Å². The van der Waals surface area contributed by atoms with Crippen LogP contribution in [-0.2, 0) is 18.3 Å². The number of carbonyl (C=O) groups is 1. The molecule has 1 atom stereocenters. The van der Waals surface area contributed by atoms with Crippen molar-refractivity contribution in [1.29, 1.82) is 0 Å². The van der Waals surface area contributed by atoms with Gasteiger partial charge in [0.05, 0.1) is 54.6 Å². The summed E-state index contributed by atoms with van der Waals surface area (Å²) in [6.07, 6.45) is 6.07. The van der Waals surface area contributed by atoms with Gasteiger partial charge in [-0.2, -0.15) is 0 Å². The molecule has 1 aromatic carbocycles. The molecule has 5 heterocycles. The molecule has 1 fully saturated rings. The molecule has 0 aliphatic carbocycles. The maximum absolute atomic E-state index is 13.9. The van der Waals surface area contributed by atoms with Gasteiger partial charge in [-0.1, -0.05) is 12.1 Å². The number of hydrogen-bond donors (Lipinski definition) is 0. The van der Waals surface area contributed by atoms with Crippen LogP contribution in [0.4, 0.5) is 0 Å². The molecular formula is C28H26BrN7O3. The third-order valence-electron chi connectivity index (χ3n) is 7.25. The van der Waals surface area contributed by atoms with Crippen LogP contribution in [0.3, 0.4) is 0 Å². The van der Waals surface area contributed by atoms with Gasteiger partial charge in [-0.05, 0) is 58.7 Å². The van der Waals surface area contributed by atoms with Crippen molar-refractivity contribution >= 4 is 33.1 Å². The van der Waals surface area contributed by atoms with Crippen molar-refractivity contribution < 1.29 is 9.53 Å². The molecule has 4 aromatic heterocycles. The van der Waals surface area contributed by atoms with Crippen LogP contribution >= 0.6 is 15.9 Å². The van der Waals surface area contributed by atoms with Crippen molar-refractivity contribution in [3.8, 4) is 16.9 Å². The molecule has 0 radical (unpaired) electrons. The lowest BCUT2D eigenvalue weighted by molar-refractivity contribution is 0.0600. The lowest BCUT2D eigenvalue weighted by atomic mass is 10.1. The third kappa shape index (κ3) is 4.57. The zero-order chi connectivity index (χ0) is 27.1. The minimum absolute atomic E-state index is 0.000386. The molecule has 0 amide bonds. The Morgan fingerprint density at radius 3 is 2.59 bits per heavy atom. The molecule has 6 rings (SSSR count). The first-order valence-electron chi connectivity index (χ1n) is 12.6. The van der Waals surface area contributed by atoms with Gasteiger partial charge in [0.2, 0.25) is 0 Å². The largest absolute Gasteiger partial charge is 0.465 e. The van der Waals surface area contributed by atoms with Crippen molar-refractivity contribution in [2.75, 3.05) is 20.2 Å². The highest BCUT2D eigenvalue weighted by Crippen LogP contribution is 2.27. The summed E-state index contributed by atoms with van der Waals surface area (Å²) in [5.74, 6) is 0.589. The lowest BCUT2D eigenvalue weighted by Gasteiger charge is -2.16. The van der Waals surface area contributed by atoms with Gasteiger partial charge in [0.15, 0.2) is 5.65 Å². The van der Waals surface area contributed by atoms with Crippen molar-refractivity contribution in [3.63, 3.8) is 0 Å². The van der Waals surface area contributed by atoms with Crippen molar-refractivity contribution in [3.05, 3.63) is 93.6 Å². The normalized spacial score (nSPS) is 15.7. The summed E-state index contributed by atoms with van der Waals surface area (Å²) in [7, 11) is 3.34. The molecule has 0 unspecified atom stereocenters. The summed E-state index contributed by atoms with van der Waals surface area (Å²) < 4.78 is 11.2. The number of imidazole rings is 2. The van der Waals surface area contributed by atoms with E-state index >= 15 is 0 Å². The van der Waals surface area contributed by atoms with Gasteiger partial charge in [0.1, 0.15) is 10.4 Å². The number of ether oxygens (including phenoxy) is 1. The van der Waals surface area contributed by atoms with Gasteiger partial charge in [0, 0.05) is 31.9 Å². The van der Waals surface area contributed by atoms with E-state index in [-0.39, 0.29) is 17.7 Å². The Morgan fingerprint density at radius 1 is 1.08 bits per heavy atom. The summed E-state index contributed by atoms with van der Waals surface area (Å²) in [5, 5.41) is 0. The van der Waals surface area contributed by atoms with E-state index in [9.17, 15) is 9.59 Å². The third-order valence-corrected chi connectivity index (χ3v) is 7.98. The Hall–Kier alpha value is -4.09. The summed E-state index contributed by atoms with van der Waals surface area (Å²) in [5.41, 5.74) is 4.01. The van der Waals surface area contributed by atoms with Gasteiger partial charge in [-0.25, -0.2) is 19.6 Å². The number of carbonyl (C=O) groups excluding carboxylic acids is 1. The van der Waals surface area contributed by atoms with Crippen LogP contribution in [-0.4, -0.2) is 59.7 Å². The van der Waals surface area contributed by atoms with Crippen molar-refractivity contribution in [2.24, 2.45) is 7.05 Å². The number of likely N-dealkylation sites (tertiary alicyclic amines) is 1. The number of pyridine rings is 2. The highest BCUT2D eigenvalue weighted by molar-refractivity contribution is 9.10. The maximum atomic E-state index is 13.9. The molecule has 0 N–H and O–H groups in total. The highest BCUT2D eigenvalue weighted by atomic mass is 79.9. The second kappa shape index (κ2) is 10.2. The topological polar surface area (TPSA) is 100 Å². The smallest absolute Gasteiger partial charge is 0.337 e. The van der Waals surface area contributed by atoms with Crippen molar-refractivity contribution in [2.45, 2.75) is 19.0 Å². The van der Waals surface area contributed by atoms with Gasteiger partial charge >= 0.3 is 11.7 Å². The van der Waals surface area contributed by atoms with Crippen LogP contribution < -0.4 is 5.69 Å². The fourth-order valence-corrected chi connectivity index (χ4v) is 5.46. The fraction of sp³-hybridized carbons (Fsp3) is 0.250. The Labute approximate surface area is 232 Å². The Morgan fingerprint density at radius 2 is 1.90 bits per heavy atom. The molecule has 11 heteroatoms. The standard InChI is InChI=1S/C28H26BrN7O3/c1-33-24(29)15-32-25(33)17-34-13-11-21(16-34)36-26-23(4-3-12-30-26)35(28(36)38)20-9-10-22(31-14-20)18-5-7-19(8-6-18)27(37)39-2/h3-10,12,14-15,21H,11,13,16-17H2,1-2H3/t21-/m1/s1. The summed E-state index contributed by atoms with van der Waals surface area (Å²) >= 11 is 3.51. The molecular weight excluding hydrogens is 562 g/mol.